The molecule has 0 saturated carbocycles. The van der Waals surface area contributed by atoms with E-state index >= 15 is 0 Å². The standard InChI is InChI=1S/C18H22FNO/c1-13-10-17(19)8-9-18(13)21-12-15-4-6-16(7-5-15)14(2)11-20-3/h4-10,14,20H,11-12H2,1-3H3. The molecular formula is C18H22FNO. The number of likely N-dealkylation sites (N-methyl/N-ethyl adjacent to an activating group) is 1. The zero-order chi connectivity index (χ0) is 15.2. The molecule has 2 rings (SSSR count). The SMILES string of the molecule is CNCC(C)c1ccc(COc2ccc(F)cc2C)cc1. The summed E-state index contributed by atoms with van der Waals surface area (Å²) in [5.74, 6) is 0.982. The lowest BCUT2D eigenvalue weighted by atomic mass is 10.00. The number of aryl methyl sites for hydroxylation is 1. The summed E-state index contributed by atoms with van der Waals surface area (Å²) in [6, 6.07) is 13.0. The third kappa shape index (κ3) is 4.30. The first-order chi connectivity index (χ1) is 10.1. The van der Waals surface area contributed by atoms with Gasteiger partial charge in [0.1, 0.15) is 18.2 Å². The van der Waals surface area contributed by atoms with E-state index < -0.39 is 0 Å². The van der Waals surface area contributed by atoms with Gasteiger partial charge in [-0.1, -0.05) is 31.2 Å². The van der Waals surface area contributed by atoms with Crippen molar-refractivity contribution in [2.45, 2.75) is 26.4 Å². The van der Waals surface area contributed by atoms with Gasteiger partial charge in [-0.15, -0.1) is 0 Å². The third-order valence-electron chi connectivity index (χ3n) is 3.59. The van der Waals surface area contributed by atoms with Crippen molar-refractivity contribution in [3.05, 3.63) is 65.0 Å². The van der Waals surface area contributed by atoms with Crippen LogP contribution in [-0.2, 0) is 6.61 Å². The van der Waals surface area contributed by atoms with Gasteiger partial charge in [0, 0.05) is 6.54 Å². The first kappa shape index (κ1) is 15.5. The van der Waals surface area contributed by atoms with Crippen LogP contribution in [0.15, 0.2) is 42.5 Å². The molecular weight excluding hydrogens is 265 g/mol. The van der Waals surface area contributed by atoms with Gasteiger partial charge in [-0.25, -0.2) is 4.39 Å². The summed E-state index contributed by atoms with van der Waals surface area (Å²) >= 11 is 0. The number of rotatable bonds is 6. The molecule has 2 aromatic rings. The van der Waals surface area contributed by atoms with E-state index in [2.05, 4.69) is 36.5 Å². The van der Waals surface area contributed by atoms with Crippen LogP contribution in [0.25, 0.3) is 0 Å². The first-order valence-corrected chi connectivity index (χ1v) is 7.22. The number of hydrogen-bond acceptors (Lipinski definition) is 2. The van der Waals surface area contributed by atoms with Crippen LogP contribution in [0.5, 0.6) is 5.75 Å². The molecule has 0 bridgehead atoms. The molecule has 112 valence electrons. The van der Waals surface area contributed by atoms with Crippen LogP contribution < -0.4 is 10.1 Å². The van der Waals surface area contributed by atoms with Crippen LogP contribution in [0.1, 0.15) is 29.5 Å². The minimum Gasteiger partial charge on any atom is -0.489 e. The van der Waals surface area contributed by atoms with E-state index in [-0.39, 0.29) is 5.82 Å². The molecule has 0 aliphatic carbocycles. The highest BCUT2D eigenvalue weighted by atomic mass is 19.1. The number of halogens is 1. The number of ether oxygens (including phenoxy) is 1. The minimum absolute atomic E-state index is 0.234. The molecule has 2 aromatic carbocycles. The highest BCUT2D eigenvalue weighted by Crippen LogP contribution is 2.20. The predicted octanol–water partition coefficient (Wildman–Crippen LogP) is 4.04. The van der Waals surface area contributed by atoms with Crippen molar-refractivity contribution in [2.75, 3.05) is 13.6 Å². The molecule has 2 nitrogen and oxygen atoms in total. The summed E-state index contributed by atoms with van der Waals surface area (Å²) in [6.45, 7) is 5.50. The average molecular weight is 287 g/mol. The van der Waals surface area contributed by atoms with Crippen molar-refractivity contribution in [2.24, 2.45) is 0 Å². The second-order valence-electron chi connectivity index (χ2n) is 5.40. The van der Waals surface area contributed by atoms with Gasteiger partial charge in [-0.3, -0.25) is 0 Å². The smallest absolute Gasteiger partial charge is 0.123 e. The van der Waals surface area contributed by atoms with Crippen molar-refractivity contribution in [3.8, 4) is 5.75 Å². The fourth-order valence-corrected chi connectivity index (χ4v) is 2.30. The fraction of sp³-hybridized carbons (Fsp3) is 0.333. The lowest BCUT2D eigenvalue weighted by molar-refractivity contribution is 0.303. The van der Waals surface area contributed by atoms with E-state index in [4.69, 9.17) is 4.74 Å². The molecule has 21 heavy (non-hydrogen) atoms. The molecule has 0 aromatic heterocycles. The number of hydrogen-bond donors (Lipinski definition) is 1. The monoisotopic (exact) mass is 287 g/mol. The summed E-state index contributed by atoms with van der Waals surface area (Å²) in [6.07, 6.45) is 0. The second-order valence-corrected chi connectivity index (χ2v) is 5.40. The topological polar surface area (TPSA) is 21.3 Å². The normalized spacial score (nSPS) is 12.2. The predicted molar refractivity (Wildman–Crippen MR) is 84.3 cm³/mol. The van der Waals surface area contributed by atoms with Crippen molar-refractivity contribution in [3.63, 3.8) is 0 Å². The highest BCUT2D eigenvalue weighted by Gasteiger charge is 2.05. The van der Waals surface area contributed by atoms with Gasteiger partial charge >= 0.3 is 0 Å². The summed E-state index contributed by atoms with van der Waals surface area (Å²) in [4.78, 5) is 0. The minimum atomic E-state index is -0.234. The Kier molecular flexibility index (Phi) is 5.34. The molecule has 0 aliphatic heterocycles. The Morgan fingerprint density at radius 1 is 1.14 bits per heavy atom. The van der Waals surface area contributed by atoms with Gasteiger partial charge in [0.2, 0.25) is 0 Å². The third-order valence-corrected chi connectivity index (χ3v) is 3.59. The molecule has 1 atom stereocenters. The lowest BCUT2D eigenvalue weighted by Crippen LogP contribution is -2.14. The Morgan fingerprint density at radius 2 is 1.86 bits per heavy atom. The maximum atomic E-state index is 13.0. The molecule has 0 fully saturated rings. The van der Waals surface area contributed by atoms with Gasteiger partial charge in [0.25, 0.3) is 0 Å². The molecule has 0 saturated heterocycles. The van der Waals surface area contributed by atoms with Gasteiger partial charge in [-0.05, 0) is 54.8 Å². The van der Waals surface area contributed by atoms with E-state index in [1.54, 1.807) is 6.07 Å². The molecule has 0 radical (unpaired) electrons. The van der Waals surface area contributed by atoms with Crippen molar-refractivity contribution < 1.29 is 9.13 Å². The van der Waals surface area contributed by atoms with Gasteiger partial charge in [-0.2, -0.15) is 0 Å². The highest BCUT2D eigenvalue weighted by molar-refractivity contribution is 5.33. The quantitative estimate of drug-likeness (QED) is 0.866. The van der Waals surface area contributed by atoms with E-state index in [0.717, 1.165) is 23.4 Å². The van der Waals surface area contributed by atoms with Gasteiger partial charge < -0.3 is 10.1 Å². The number of benzene rings is 2. The number of nitrogens with one attached hydrogen (secondary N) is 1. The maximum Gasteiger partial charge on any atom is 0.123 e. The van der Waals surface area contributed by atoms with Crippen LogP contribution in [0, 0.1) is 12.7 Å². The molecule has 0 amide bonds. The Morgan fingerprint density at radius 3 is 2.48 bits per heavy atom. The Bertz CT molecular complexity index is 580. The summed E-state index contributed by atoms with van der Waals surface area (Å²) in [5.41, 5.74) is 3.24. The Balaban J connectivity index is 1.97. The van der Waals surface area contributed by atoms with Crippen LogP contribution in [0.3, 0.4) is 0 Å². The van der Waals surface area contributed by atoms with Crippen molar-refractivity contribution in [1.29, 1.82) is 0 Å². The zero-order valence-corrected chi connectivity index (χ0v) is 12.8. The molecule has 1 N–H and O–H groups in total. The van der Waals surface area contributed by atoms with Crippen LogP contribution in [0.2, 0.25) is 0 Å². The van der Waals surface area contributed by atoms with Crippen LogP contribution in [0.4, 0.5) is 4.39 Å². The first-order valence-electron chi connectivity index (χ1n) is 7.22. The molecule has 3 heteroatoms. The molecule has 1 unspecified atom stereocenters. The average Bonchev–Trinajstić information content (AvgIpc) is 2.47. The van der Waals surface area contributed by atoms with Crippen molar-refractivity contribution in [1.82, 2.24) is 5.32 Å². The van der Waals surface area contributed by atoms with E-state index in [0.29, 0.717) is 12.5 Å². The summed E-state index contributed by atoms with van der Waals surface area (Å²) < 4.78 is 18.8. The second kappa shape index (κ2) is 7.23. The summed E-state index contributed by atoms with van der Waals surface area (Å²) in [5, 5.41) is 3.18. The van der Waals surface area contributed by atoms with Crippen LogP contribution >= 0.6 is 0 Å². The molecule has 0 aliphatic rings. The van der Waals surface area contributed by atoms with E-state index in [1.807, 2.05) is 14.0 Å². The van der Waals surface area contributed by atoms with Crippen molar-refractivity contribution >= 4 is 0 Å². The zero-order valence-electron chi connectivity index (χ0n) is 12.8. The van der Waals surface area contributed by atoms with Crippen LogP contribution in [-0.4, -0.2) is 13.6 Å². The molecule has 0 heterocycles. The lowest BCUT2D eigenvalue weighted by Gasteiger charge is -2.13. The largest absolute Gasteiger partial charge is 0.489 e. The van der Waals surface area contributed by atoms with E-state index in [9.17, 15) is 4.39 Å². The maximum absolute atomic E-state index is 13.0. The summed E-state index contributed by atoms with van der Waals surface area (Å²) in [7, 11) is 1.96. The van der Waals surface area contributed by atoms with E-state index in [1.165, 1.54) is 17.7 Å². The van der Waals surface area contributed by atoms with Gasteiger partial charge in [0.05, 0.1) is 0 Å². The Labute approximate surface area is 126 Å². The fourth-order valence-electron chi connectivity index (χ4n) is 2.30. The molecule has 0 spiro atoms. The Hall–Kier alpha value is -1.87. The van der Waals surface area contributed by atoms with Gasteiger partial charge in [0.15, 0.2) is 0 Å².